The molecule has 0 fully saturated rings. The minimum atomic E-state index is 0.754. The zero-order chi connectivity index (χ0) is 9.07. The van der Waals surface area contributed by atoms with Gasteiger partial charge in [-0.25, -0.2) is 0 Å². The molecule has 0 N–H and O–H groups in total. The van der Waals surface area contributed by atoms with E-state index in [-0.39, 0.29) is 0 Å². The van der Waals surface area contributed by atoms with E-state index in [0.717, 1.165) is 13.0 Å². The Morgan fingerprint density at radius 2 is 1.33 bits per heavy atom. The van der Waals surface area contributed by atoms with Gasteiger partial charge in [-0.15, -0.1) is 0 Å². The Hall–Kier alpha value is 0.310. The molecule has 0 saturated carbocycles. The highest BCUT2D eigenvalue weighted by Gasteiger charge is 1.90. The van der Waals surface area contributed by atoms with Gasteiger partial charge in [0, 0.05) is 0 Å². The quantitative estimate of drug-likeness (QED) is 0.492. The lowest BCUT2D eigenvalue weighted by Gasteiger charge is -1.99. The Morgan fingerprint density at radius 3 is 1.83 bits per heavy atom. The van der Waals surface area contributed by atoms with Crippen molar-refractivity contribution >= 4 is 12.9 Å². The van der Waals surface area contributed by atoms with Crippen molar-refractivity contribution in [2.75, 3.05) is 6.61 Å². The zero-order valence-electron chi connectivity index (χ0n) is 8.18. The molecule has 0 bridgehead atoms. The summed E-state index contributed by atoms with van der Waals surface area (Å²) in [6.07, 6.45) is 10.7. The summed E-state index contributed by atoms with van der Waals surface area (Å²) >= 11 is 4.39. The summed E-state index contributed by atoms with van der Waals surface area (Å²) in [5.41, 5.74) is 0. The minimum Gasteiger partial charge on any atom is -0.303 e. The van der Waals surface area contributed by atoms with E-state index < -0.39 is 0 Å². The highest BCUT2D eigenvalue weighted by molar-refractivity contribution is 7.75. The lowest BCUT2D eigenvalue weighted by molar-refractivity contribution is 0.361. The molecule has 0 aliphatic heterocycles. The molecule has 0 atom stereocenters. The maximum atomic E-state index is 4.57. The van der Waals surface area contributed by atoms with Crippen LogP contribution < -0.4 is 0 Å². The molecule has 73 valence electrons. The van der Waals surface area contributed by atoms with Crippen LogP contribution in [0, 0.1) is 0 Å². The van der Waals surface area contributed by atoms with Crippen LogP contribution in [-0.2, 0) is 4.18 Å². The molecule has 0 aromatic heterocycles. The lowest BCUT2D eigenvalue weighted by atomic mass is 10.1. The van der Waals surface area contributed by atoms with E-state index in [1.807, 2.05) is 0 Å². The fourth-order valence-electron chi connectivity index (χ4n) is 1.29. The van der Waals surface area contributed by atoms with Crippen molar-refractivity contribution in [3.8, 4) is 0 Å². The van der Waals surface area contributed by atoms with Crippen LogP contribution in [-0.4, -0.2) is 6.61 Å². The summed E-state index contributed by atoms with van der Waals surface area (Å²) < 4.78 is 4.57. The molecule has 1 radical (unpaired) electrons. The monoisotopic (exact) mass is 189 g/mol. The van der Waals surface area contributed by atoms with Gasteiger partial charge in [0.05, 0.1) is 19.5 Å². The normalized spacial score (nSPS) is 10.5. The standard InChI is InChI=1S/C10H21OS/c1-2-3-4-5-6-7-8-9-10-11-12/h2-10H2,1H3. The first-order chi connectivity index (χ1) is 5.91. The zero-order valence-corrected chi connectivity index (χ0v) is 9.00. The summed E-state index contributed by atoms with van der Waals surface area (Å²) in [4.78, 5) is 0. The lowest BCUT2D eigenvalue weighted by Crippen LogP contribution is -1.85. The molecule has 0 aliphatic carbocycles. The Labute approximate surface area is 82.5 Å². The molecule has 2 heteroatoms. The number of unbranched alkanes of at least 4 members (excludes halogenated alkanes) is 7. The third-order valence-electron chi connectivity index (χ3n) is 2.08. The van der Waals surface area contributed by atoms with Gasteiger partial charge < -0.3 is 4.18 Å². The van der Waals surface area contributed by atoms with Crippen molar-refractivity contribution < 1.29 is 4.18 Å². The molecular weight excluding hydrogens is 168 g/mol. The second-order valence-electron chi connectivity index (χ2n) is 3.30. The summed E-state index contributed by atoms with van der Waals surface area (Å²) in [5, 5.41) is 0. The molecule has 0 aromatic rings. The van der Waals surface area contributed by atoms with Crippen LogP contribution in [0.25, 0.3) is 0 Å². The van der Waals surface area contributed by atoms with E-state index in [2.05, 4.69) is 24.0 Å². The van der Waals surface area contributed by atoms with Crippen molar-refractivity contribution in [1.29, 1.82) is 0 Å². The molecule has 0 saturated heterocycles. The third kappa shape index (κ3) is 10.3. The molecule has 0 heterocycles. The van der Waals surface area contributed by atoms with Crippen LogP contribution in [0.4, 0.5) is 0 Å². The van der Waals surface area contributed by atoms with E-state index in [1.54, 1.807) is 0 Å². The van der Waals surface area contributed by atoms with Gasteiger partial charge in [-0.05, 0) is 6.42 Å². The maximum Gasteiger partial charge on any atom is 0.0925 e. The van der Waals surface area contributed by atoms with E-state index in [9.17, 15) is 0 Å². The van der Waals surface area contributed by atoms with Gasteiger partial charge in [-0.3, -0.25) is 0 Å². The van der Waals surface area contributed by atoms with Crippen molar-refractivity contribution in [3.05, 3.63) is 0 Å². The first-order valence-electron chi connectivity index (χ1n) is 5.16. The molecule has 1 nitrogen and oxygen atoms in total. The molecule has 0 aromatic carbocycles. The molecular formula is C10H21OS. The van der Waals surface area contributed by atoms with Crippen LogP contribution in [0.5, 0.6) is 0 Å². The summed E-state index contributed by atoms with van der Waals surface area (Å²) in [7, 11) is 0. The Bertz CT molecular complexity index is 66.2. The maximum absolute atomic E-state index is 4.57. The average Bonchev–Trinajstić information content (AvgIpc) is 2.10. The van der Waals surface area contributed by atoms with Gasteiger partial charge in [0.1, 0.15) is 0 Å². The van der Waals surface area contributed by atoms with Crippen molar-refractivity contribution in [1.82, 2.24) is 0 Å². The third-order valence-corrected chi connectivity index (χ3v) is 2.25. The van der Waals surface area contributed by atoms with Crippen LogP contribution in [0.1, 0.15) is 58.3 Å². The van der Waals surface area contributed by atoms with Gasteiger partial charge >= 0.3 is 0 Å². The average molecular weight is 189 g/mol. The molecule has 12 heavy (non-hydrogen) atoms. The van der Waals surface area contributed by atoms with Crippen molar-refractivity contribution in [2.24, 2.45) is 0 Å². The van der Waals surface area contributed by atoms with Crippen molar-refractivity contribution in [3.63, 3.8) is 0 Å². The molecule has 0 rings (SSSR count). The Kier molecular flexibility index (Phi) is 11.6. The Morgan fingerprint density at radius 1 is 0.833 bits per heavy atom. The number of rotatable bonds is 9. The van der Waals surface area contributed by atoms with Gasteiger partial charge in [0.15, 0.2) is 0 Å². The van der Waals surface area contributed by atoms with E-state index >= 15 is 0 Å². The molecule has 0 unspecified atom stereocenters. The smallest absolute Gasteiger partial charge is 0.0925 e. The van der Waals surface area contributed by atoms with Crippen molar-refractivity contribution in [2.45, 2.75) is 58.3 Å². The first-order valence-corrected chi connectivity index (χ1v) is 5.50. The molecule has 0 spiro atoms. The summed E-state index contributed by atoms with van der Waals surface area (Å²) in [6, 6.07) is 0. The highest BCUT2D eigenvalue weighted by Crippen LogP contribution is 2.08. The van der Waals surface area contributed by atoms with Crippen LogP contribution in [0.3, 0.4) is 0 Å². The van der Waals surface area contributed by atoms with E-state index in [0.29, 0.717) is 0 Å². The number of hydrogen-bond acceptors (Lipinski definition) is 1. The SMILES string of the molecule is CCCCCCCCCCO[S]. The van der Waals surface area contributed by atoms with E-state index in [4.69, 9.17) is 0 Å². The molecule has 0 amide bonds. The van der Waals surface area contributed by atoms with Crippen LogP contribution in [0.2, 0.25) is 0 Å². The predicted molar refractivity (Wildman–Crippen MR) is 56.2 cm³/mol. The summed E-state index contributed by atoms with van der Waals surface area (Å²) in [5.74, 6) is 0. The van der Waals surface area contributed by atoms with Gasteiger partial charge in [-0.2, -0.15) is 0 Å². The highest BCUT2D eigenvalue weighted by atomic mass is 32.1. The largest absolute Gasteiger partial charge is 0.303 e. The van der Waals surface area contributed by atoms with Crippen LogP contribution in [0.15, 0.2) is 0 Å². The van der Waals surface area contributed by atoms with Crippen LogP contribution >= 0.6 is 12.9 Å². The van der Waals surface area contributed by atoms with Gasteiger partial charge in [0.25, 0.3) is 0 Å². The minimum absolute atomic E-state index is 0.754. The second-order valence-corrected chi connectivity index (χ2v) is 3.53. The number of hydrogen-bond donors (Lipinski definition) is 0. The fraction of sp³-hybridized carbons (Fsp3) is 1.00. The topological polar surface area (TPSA) is 9.23 Å². The fourth-order valence-corrected chi connectivity index (χ4v) is 1.41. The van der Waals surface area contributed by atoms with Gasteiger partial charge in [-0.1, -0.05) is 51.9 Å². The van der Waals surface area contributed by atoms with Gasteiger partial charge in [0.2, 0.25) is 0 Å². The Balaban J connectivity index is 2.73. The summed E-state index contributed by atoms with van der Waals surface area (Å²) in [6.45, 7) is 3.01. The predicted octanol–water partition coefficient (Wildman–Crippen LogP) is 4.26. The van der Waals surface area contributed by atoms with E-state index in [1.165, 1.54) is 44.9 Å². The molecule has 0 aliphatic rings. The first kappa shape index (κ1) is 12.3. The second kappa shape index (κ2) is 11.3.